The van der Waals surface area contributed by atoms with Crippen LogP contribution in [0.3, 0.4) is 0 Å². The maximum atomic E-state index is 11.5. The maximum absolute atomic E-state index is 11.5. The van der Waals surface area contributed by atoms with Gasteiger partial charge in [-0.3, -0.25) is 4.79 Å². The fraction of sp³-hybridized carbons (Fsp3) is 0.200. The summed E-state index contributed by atoms with van der Waals surface area (Å²) >= 11 is 0. The highest BCUT2D eigenvalue weighted by Crippen LogP contribution is 2.23. The van der Waals surface area contributed by atoms with Crippen molar-refractivity contribution >= 4 is 5.57 Å². The van der Waals surface area contributed by atoms with Crippen molar-refractivity contribution in [1.29, 1.82) is 0 Å². The van der Waals surface area contributed by atoms with Crippen molar-refractivity contribution < 1.29 is 5.11 Å². The zero-order valence-corrected chi connectivity index (χ0v) is 11.2. The van der Waals surface area contributed by atoms with Gasteiger partial charge < -0.3 is 14.2 Å². The number of pyridine rings is 1. The molecule has 0 radical (unpaired) electrons. The highest BCUT2D eigenvalue weighted by atomic mass is 16.3. The number of aryl methyl sites for hydroxylation is 1. The maximum Gasteiger partial charge on any atom is 0.292 e. The van der Waals surface area contributed by atoms with Crippen molar-refractivity contribution in [3.8, 4) is 11.4 Å². The Morgan fingerprint density at radius 1 is 1.35 bits per heavy atom. The SMILES string of the molecule is Cn1cc(-n2cnc(C3=CC=CCC3)c2)cc(O)c1=O. The Labute approximate surface area is 116 Å². The van der Waals surface area contributed by atoms with Crippen molar-refractivity contribution in [3.05, 3.63) is 59.1 Å². The van der Waals surface area contributed by atoms with Gasteiger partial charge in [-0.05, 0) is 18.4 Å². The topological polar surface area (TPSA) is 60.1 Å². The fourth-order valence-electron chi connectivity index (χ4n) is 2.26. The van der Waals surface area contributed by atoms with E-state index in [4.69, 9.17) is 0 Å². The number of hydrogen-bond donors (Lipinski definition) is 1. The van der Waals surface area contributed by atoms with Gasteiger partial charge in [0.25, 0.3) is 5.56 Å². The third kappa shape index (κ3) is 2.18. The average Bonchev–Trinajstić information content (AvgIpc) is 2.95. The molecule has 0 atom stereocenters. The van der Waals surface area contributed by atoms with E-state index in [0.717, 1.165) is 18.5 Å². The molecule has 1 N–H and O–H groups in total. The molecule has 2 aromatic heterocycles. The van der Waals surface area contributed by atoms with Gasteiger partial charge in [0.05, 0.1) is 17.7 Å². The summed E-state index contributed by atoms with van der Waals surface area (Å²) in [5.74, 6) is -0.264. The van der Waals surface area contributed by atoms with Gasteiger partial charge in [0.2, 0.25) is 0 Å². The Morgan fingerprint density at radius 3 is 2.90 bits per heavy atom. The van der Waals surface area contributed by atoms with Gasteiger partial charge in [-0.2, -0.15) is 0 Å². The second-order valence-electron chi connectivity index (χ2n) is 4.82. The van der Waals surface area contributed by atoms with Crippen LogP contribution in [0, 0.1) is 0 Å². The van der Waals surface area contributed by atoms with E-state index in [1.807, 2.05) is 12.3 Å². The summed E-state index contributed by atoms with van der Waals surface area (Å²) in [6, 6.07) is 1.45. The second-order valence-corrected chi connectivity index (χ2v) is 4.82. The van der Waals surface area contributed by atoms with Crippen molar-refractivity contribution in [2.24, 2.45) is 7.05 Å². The Bertz CT molecular complexity index is 739. The first-order chi connectivity index (χ1) is 9.65. The lowest BCUT2D eigenvalue weighted by Crippen LogP contribution is -2.16. The predicted octanol–water partition coefficient (Wildman–Crippen LogP) is 2.01. The quantitative estimate of drug-likeness (QED) is 0.907. The van der Waals surface area contributed by atoms with Gasteiger partial charge in [0, 0.05) is 25.5 Å². The minimum absolute atomic E-state index is 0.264. The lowest BCUT2D eigenvalue weighted by Gasteiger charge is -2.06. The summed E-state index contributed by atoms with van der Waals surface area (Å²) in [5.41, 5.74) is 2.41. The average molecular weight is 269 g/mol. The summed E-state index contributed by atoms with van der Waals surface area (Å²) in [5, 5.41) is 9.61. The van der Waals surface area contributed by atoms with Gasteiger partial charge in [-0.15, -0.1) is 0 Å². The Kier molecular flexibility index (Phi) is 3.02. The van der Waals surface area contributed by atoms with Crippen LogP contribution in [0.25, 0.3) is 11.3 Å². The molecule has 3 rings (SSSR count). The number of aromatic nitrogens is 3. The first-order valence-electron chi connectivity index (χ1n) is 6.45. The van der Waals surface area contributed by atoms with E-state index in [0.29, 0.717) is 5.69 Å². The zero-order chi connectivity index (χ0) is 14.1. The van der Waals surface area contributed by atoms with E-state index < -0.39 is 5.56 Å². The zero-order valence-electron chi connectivity index (χ0n) is 11.2. The normalized spacial score (nSPS) is 14.3. The number of hydrogen-bond acceptors (Lipinski definition) is 3. The molecule has 102 valence electrons. The standard InChI is InChI=1S/C15H15N3O2/c1-17-8-12(7-14(19)15(17)20)18-9-13(16-10-18)11-5-3-2-4-6-11/h2-3,5,7-10,19H,4,6H2,1H3. The Hall–Kier alpha value is -2.56. The monoisotopic (exact) mass is 269 g/mol. The van der Waals surface area contributed by atoms with E-state index in [-0.39, 0.29) is 5.75 Å². The summed E-state index contributed by atoms with van der Waals surface area (Å²) in [4.78, 5) is 15.9. The molecule has 0 unspecified atom stereocenters. The molecule has 0 spiro atoms. The molecule has 0 saturated carbocycles. The lowest BCUT2D eigenvalue weighted by molar-refractivity contribution is 0.460. The van der Waals surface area contributed by atoms with Crippen molar-refractivity contribution in [2.75, 3.05) is 0 Å². The molecule has 0 bridgehead atoms. The third-order valence-electron chi connectivity index (χ3n) is 3.37. The number of imidazole rings is 1. The minimum Gasteiger partial charge on any atom is -0.503 e. The highest BCUT2D eigenvalue weighted by molar-refractivity contribution is 5.65. The number of nitrogens with zero attached hydrogens (tertiary/aromatic N) is 3. The molecular formula is C15H15N3O2. The van der Waals surface area contributed by atoms with Crippen LogP contribution in [0.5, 0.6) is 5.75 Å². The summed E-state index contributed by atoms with van der Waals surface area (Å²) in [7, 11) is 1.61. The summed E-state index contributed by atoms with van der Waals surface area (Å²) < 4.78 is 3.15. The van der Waals surface area contributed by atoms with Gasteiger partial charge >= 0.3 is 0 Å². The molecule has 0 aliphatic heterocycles. The molecular weight excluding hydrogens is 254 g/mol. The molecule has 2 aromatic rings. The van der Waals surface area contributed by atoms with E-state index >= 15 is 0 Å². The molecule has 1 aliphatic rings. The fourth-order valence-corrected chi connectivity index (χ4v) is 2.26. The van der Waals surface area contributed by atoms with Gasteiger partial charge in [-0.25, -0.2) is 4.98 Å². The molecule has 0 fully saturated rings. The largest absolute Gasteiger partial charge is 0.503 e. The number of rotatable bonds is 2. The molecule has 0 saturated heterocycles. The smallest absolute Gasteiger partial charge is 0.292 e. The van der Waals surface area contributed by atoms with Crippen LogP contribution in [0.2, 0.25) is 0 Å². The van der Waals surface area contributed by atoms with Crippen LogP contribution in [0.1, 0.15) is 18.5 Å². The van der Waals surface area contributed by atoms with Crippen LogP contribution in [-0.4, -0.2) is 19.2 Å². The molecule has 5 nitrogen and oxygen atoms in total. The van der Waals surface area contributed by atoms with Crippen LogP contribution in [0.15, 0.2) is 47.8 Å². The van der Waals surface area contributed by atoms with Gasteiger partial charge in [-0.1, -0.05) is 18.2 Å². The minimum atomic E-state index is -0.408. The number of allylic oxidation sites excluding steroid dienone is 4. The predicted molar refractivity (Wildman–Crippen MR) is 76.8 cm³/mol. The van der Waals surface area contributed by atoms with E-state index in [9.17, 15) is 9.90 Å². The van der Waals surface area contributed by atoms with E-state index in [1.165, 1.54) is 16.2 Å². The molecule has 2 heterocycles. The Morgan fingerprint density at radius 2 is 2.20 bits per heavy atom. The van der Waals surface area contributed by atoms with Crippen molar-refractivity contribution in [2.45, 2.75) is 12.8 Å². The first kappa shape index (κ1) is 12.5. The van der Waals surface area contributed by atoms with E-state index in [1.54, 1.807) is 24.1 Å². The molecule has 5 heteroatoms. The van der Waals surface area contributed by atoms with Crippen LogP contribution < -0.4 is 5.56 Å². The summed E-state index contributed by atoms with van der Waals surface area (Å²) in [6.07, 6.45) is 13.5. The second kappa shape index (κ2) is 4.85. The summed E-state index contributed by atoms with van der Waals surface area (Å²) in [6.45, 7) is 0. The van der Waals surface area contributed by atoms with Crippen LogP contribution in [-0.2, 0) is 7.05 Å². The lowest BCUT2D eigenvalue weighted by atomic mass is 10.0. The van der Waals surface area contributed by atoms with E-state index in [2.05, 4.69) is 17.1 Å². The first-order valence-corrected chi connectivity index (χ1v) is 6.45. The molecule has 0 amide bonds. The van der Waals surface area contributed by atoms with Crippen LogP contribution in [0.4, 0.5) is 0 Å². The third-order valence-corrected chi connectivity index (χ3v) is 3.37. The molecule has 20 heavy (non-hydrogen) atoms. The van der Waals surface area contributed by atoms with Crippen molar-refractivity contribution in [1.82, 2.24) is 14.1 Å². The van der Waals surface area contributed by atoms with Crippen LogP contribution >= 0.6 is 0 Å². The molecule has 0 aromatic carbocycles. The molecule has 1 aliphatic carbocycles. The Balaban J connectivity index is 2.00. The van der Waals surface area contributed by atoms with Gasteiger partial charge in [0.1, 0.15) is 0 Å². The van der Waals surface area contributed by atoms with Gasteiger partial charge in [0.15, 0.2) is 5.75 Å². The highest BCUT2D eigenvalue weighted by Gasteiger charge is 2.09. The number of aromatic hydroxyl groups is 1. The van der Waals surface area contributed by atoms with Crippen molar-refractivity contribution in [3.63, 3.8) is 0 Å².